The zero-order valence-electron chi connectivity index (χ0n) is 9.08. The summed E-state index contributed by atoms with van der Waals surface area (Å²) in [5.41, 5.74) is 0.650. The summed E-state index contributed by atoms with van der Waals surface area (Å²) in [6.07, 6.45) is 0. The Kier molecular flexibility index (Phi) is 3.69. The Bertz CT molecular complexity index is 529. The van der Waals surface area contributed by atoms with E-state index in [2.05, 4.69) is 21.2 Å². The number of hydrogen-bond donors (Lipinski definition) is 2. The van der Waals surface area contributed by atoms with E-state index in [1.54, 1.807) is 17.4 Å². The zero-order chi connectivity index (χ0) is 12.4. The summed E-state index contributed by atoms with van der Waals surface area (Å²) in [6, 6.07) is 6.40. The van der Waals surface area contributed by atoms with Gasteiger partial charge in [-0.25, -0.2) is 4.39 Å². The number of halogens is 2. The fourth-order valence-electron chi connectivity index (χ4n) is 1.47. The second-order valence-corrected chi connectivity index (χ2v) is 5.56. The first-order chi connectivity index (χ1) is 8.06. The van der Waals surface area contributed by atoms with E-state index >= 15 is 0 Å². The van der Waals surface area contributed by atoms with Gasteiger partial charge in [-0.1, -0.05) is 0 Å². The van der Waals surface area contributed by atoms with Crippen molar-refractivity contribution in [2.75, 3.05) is 5.32 Å². The van der Waals surface area contributed by atoms with Crippen LogP contribution in [0.1, 0.15) is 17.8 Å². The molecule has 0 fully saturated rings. The molecule has 0 aliphatic rings. The molecule has 1 atom stereocenters. The Labute approximate surface area is 111 Å². The molecular formula is C12H11BrFNOS. The van der Waals surface area contributed by atoms with Crippen LogP contribution in [0.25, 0.3) is 0 Å². The highest BCUT2D eigenvalue weighted by molar-refractivity contribution is 9.10. The van der Waals surface area contributed by atoms with Crippen LogP contribution in [0.4, 0.5) is 10.1 Å². The predicted octanol–water partition coefficient (Wildman–Crippen LogP) is 4.53. The summed E-state index contributed by atoms with van der Waals surface area (Å²) in [6.45, 7) is 2.00. The Morgan fingerprint density at radius 2 is 2.18 bits per heavy atom. The van der Waals surface area contributed by atoms with Gasteiger partial charge in [0.25, 0.3) is 0 Å². The molecule has 1 aromatic carbocycles. The van der Waals surface area contributed by atoms with Crippen LogP contribution in [-0.2, 0) is 0 Å². The lowest BCUT2D eigenvalue weighted by Gasteiger charge is -2.13. The van der Waals surface area contributed by atoms with Crippen molar-refractivity contribution in [3.8, 4) is 5.75 Å². The number of hydrogen-bond acceptors (Lipinski definition) is 3. The van der Waals surface area contributed by atoms with Crippen LogP contribution < -0.4 is 5.32 Å². The zero-order valence-corrected chi connectivity index (χ0v) is 11.5. The molecule has 0 bridgehead atoms. The predicted molar refractivity (Wildman–Crippen MR) is 72.1 cm³/mol. The number of phenols is 1. The molecule has 1 aromatic heterocycles. The first-order valence-electron chi connectivity index (χ1n) is 5.05. The molecule has 2 N–H and O–H groups in total. The highest BCUT2D eigenvalue weighted by atomic mass is 79.9. The van der Waals surface area contributed by atoms with Crippen LogP contribution in [0.3, 0.4) is 0 Å². The van der Waals surface area contributed by atoms with Gasteiger partial charge in [-0.15, -0.1) is 11.3 Å². The molecular weight excluding hydrogens is 305 g/mol. The first kappa shape index (κ1) is 12.4. The molecule has 5 heteroatoms. The first-order valence-corrected chi connectivity index (χ1v) is 6.72. The van der Waals surface area contributed by atoms with Crippen LogP contribution >= 0.6 is 27.3 Å². The minimum Gasteiger partial charge on any atom is -0.505 e. The van der Waals surface area contributed by atoms with Gasteiger partial charge in [0.1, 0.15) is 0 Å². The third-order valence-corrected chi connectivity index (χ3v) is 4.22. The second-order valence-electron chi connectivity index (χ2n) is 3.70. The van der Waals surface area contributed by atoms with Gasteiger partial charge in [-0.3, -0.25) is 0 Å². The Hall–Kier alpha value is -1.07. The van der Waals surface area contributed by atoms with Crippen LogP contribution in [-0.4, -0.2) is 5.11 Å². The molecule has 1 unspecified atom stereocenters. The highest BCUT2D eigenvalue weighted by Crippen LogP contribution is 2.29. The number of thiophene rings is 1. The molecule has 0 radical (unpaired) electrons. The van der Waals surface area contributed by atoms with Crippen molar-refractivity contribution in [1.82, 2.24) is 0 Å². The number of nitrogens with one attached hydrogen (secondary N) is 1. The Balaban J connectivity index is 2.12. The van der Waals surface area contributed by atoms with Crippen LogP contribution in [0, 0.1) is 5.82 Å². The lowest BCUT2D eigenvalue weighted by Crippen LogP contribution is -2.04. The fourth-order valence-corrected chi connectivity index (χ4v) is 2.93. The largest absolute Gasteiger partial charge is 0.505 e. The van der Waals surface area contributed by atoms with Crippen LogP contribution in [0.15, 0.2) is 34.1 Å². The van der Waals surface area contributed by atoms with E-state index in [0.29, 0.717) is 5.69 Å². The van der Waals surface area contributed by atoms with Crippen molar-refractivity contribution in [2.45, 2.75) is 13.0 Å². The van der Waals surface area contributed by atoms with E-state index in [1.165, 1.54) is 12.1 Å². The molecule has 2 aromatic rings. The molecule has 2 rings (SSSR count). The Morgan fingerprint density at radius 3 is 2.76 bits per heavy atom. The van der Waals surface area contributed by atoms with Gasteiger partial charge in [0, 0.05) is 26.5 Å². The molecule has 2 nitrogen and oxygen atoms in total. The summed E-state index contributed by atoms with van der Waals surface area (Å²) < 4.78 is 14.2. The fraction of sp³-hybridized carbons (Fsp3) is 0.167. The number of anilines is 1. The summed E-state index contributed by atoms with van der Waals surface area (Å²) in [7, 11) is 0. The van der Waals surface area contributed by atoms with E-state index in [9.17, 15) is 4.39 Å². The third kappa shape index (κ3) is 2.98. The average Bonchev–Trinajstić information content (AvgIpc) is 2.70. The smallest absolute Gasteiger partial charge is 0.166 e. The lowest BCUT2D eigenvalue weighted by molar-refractivity contribution is 0.432. The van der Waals surface area contributed by atoms with Gasteiger partial charge < -0.3 is 10.4 Å². The third-order valence-electron chi connectivity index (χ3n) is 2.35. The van der Waals surface area contributed by atoms with Crippen molar-refractivity contribution in [1.29, 1.82) is 0 Å². The normalized spacial score (nSPS) is 12.4. The number of benzene rings is 1. The quantitative estimate of drug-likeness (QED) is 0.816. The standard InChI is InChI=1S/C12H11BrFNOS/c1-7(12-4-8(13)6-17-12)15-9-2-3-11(16)10(14)5-9/h2-7,15-16H,1H3. The SMILES string of the molecule is CC(Nc1ccc(O)c(F)c1)c1cc(Br)cs1. The van der Waals surface area contributed by atoms with Gasteiger partial charge in [0.15, 0.2) is 11.6 Å². The van der Waals surface area contributed by atoms with E-state index in [4.69, 9.17) is 5.11 Å². The molecule has 90 valence electrons. The molecule has 0 aliphatic carbocycles. The maximum absolute atomic E-state index is 13.1. The molecule has 0 saturated carbocycles. The van der Waals surface area contributed by atoms with E-state index in [0.717, 1.165) is 9.35 Å². The summed E-state index contributed by atoms with van der Waals surface area (Å²) in [4.78, 5) is 1.16. The maximum atomic E-state index is 13.1. The lowest BCUT2D eigenvalue weighted by atomic mass is 10.2. The van der Waals surface area contributed by atoms with E-state index in [-0.39, 0.29) is 11.8 Å². The number of rotatable bonds is 3. The van der Waals surface area contributed by atoms with Gasteiger partial charge in [0.05, 0.1) is 6.04 Å². The summed E-state index contributed by atoms with van der Waals surface area (Å²) in [5, 5.41) is 14.3. The molecule has 17 heavy (non-hydrogen) atoms. The maximum Gasteiger partial charge on any atom is 0.166 e. The van der Waals surface area contributed by atoms with Crippen molar-refractivity contribution >= 4 is 33.0 Å². The van der Waals surface area contributed by atoms with E-state index < -0.39 is 5.82 Å². The summed E-state index contributed by atoms with van der Waals surface area (Å²) >= 11 is 5.03. The van der Waals surface area contributed by atoms with Crippen LogP contribution in [0.2, 0.25) is 0 Å². The average molecular weight is 316 g/mol. The number of phenolic OH excluding ortho intramolecular Hbond substituents is 1. The minimum absolute atomic E-state index is 0.0928. The van der Waals surface area contributed by atoms with Gasteiger partial charge in [-0.2, -0.15) is 0 Å². The molecule has 0 spiro atoms. The second kappa shape index (κ2) is 5.06. The van der Waals surface area contributed by atoms with Crippen molar-refractivity contribution < 1.29 is 9.50 Å². The number of aromatic hydroxyl groups is 1. The van der Waals surface area contributed by atoms with E-state index in [1.807, 2.05) is 18.4 Å². The van der Waals surface area contributed by atoms with Gasteiger partial charge in [0.2, 0.25) is 0 Å². The Morgan fingerprint density at radius 1 is 1.41 bits per heavy atom. The summed E-state index contributed by atoms with van der Waals surface area (Å²) in [5.74, 6) is -0.948. The topological polar surface area (TPSA) is 32.3 Å². The molecule has 0 saturated heterocycles. The van der Waals surface area contributed by atoms with Crippen LogP contribution in [0.5, 0.6) is 5.75 Å². The monoisotopic (exact) mass is 315 g/mol. The molecule has 1 heterocycles. The van der Waals surface area contributed by atoms with Crippen molar-refractivity contribution in [3.63, 3.8) is 0 Å². The van der Waals surface area contributed by atoms with Crippen molar-refractivity contribution in [2.24, 2.45) is 0 Å². The minimum atomic E-state index is -0.616. The highest BCUT2D eigenvalue weighted by Gasteiger charge is 2.09. The molecule has 0 amide bonds. The van der Waals surface area contributed by atoms with Crippen molar-refractivity contribution in [3.05, 3.63) is 44.8 Å². The molecule has 0 aliphatic heterocycles. The van der Waals surface area contributed by atoms with Gasteiger partial charge >= 0.3 is 0 Å². The van der Waals surface area contributed by atoms with Gasteiger partial charge in [-0.05, 0) is 41.1 Å².